The molecule has 2 rings (SSSR count). The van der Waals surface area contributed by atoms with Gasteiger partial charge in [0.05, 0.1) is 16.9 Å². The third kappa shape index (κ3) is 4.00. The predicted molar refractivity (Wildman–Crippen MR) is 85.4 cm³/mol. The van der Waals surface area contributed by atoms with Crippen molar-refractivity contribution in [3.05, 3.63) is 35.6 Å². The minimum atomic E-state index is -0.577. The number of nitrogens with one attached hydrogen (secondary N) is 1. The summed E-state index contributed by atoms with van der Waals surface area (Å²) in [7, 11) is 0. The number of carbonyl (C=O) groups excluding carboxylic acids is 1. The molecule has 1 amide bonds. The number of carbonyl (C=O) groups is 1. The molecule has 1 saturated carbocycles. The van der Waals surface area contributed by atoms with Gasteiger partial charge in [-0.05, 0) is 49.3 Å². The maximum Gasteiger partial charge on any atom is 0.225 e. The molecule has 3 N–H and O–H groups in total. The molecule has 0 unspecified atom stereocenters. The topological polar surface area (TPSA) is 55.1 Å². The van der Waals surface area contributed by atoms with Crippen molar-refractivity contribution in [2.75, 3.05) is 0 Å². The molecule has 21 heavy (non-hydrogen) atoms. The number of amides is 1. The van der Waals surface area contributed by atoms with Crippen LogP contribution >= 0.6 is 12.2 Å². The zero-order valence-corrected chi connectivity index (χ0v) is 13.0. The Morgan fingerprint density at radius 3 is 2.71 bits per heavy atom. The highest BCUT2D eigenvalue weighted by Crippen LogP contribution is 2.32. The number of benzene rings is 1. The van der Waals surface area contributed by atoms with Gasteiger partial charge in [0.1, 0.15) is 5.82 Å². The molecule has 0 aromatic heterocycles. The summed E-state index contributed by atoms with van der Waals surface area (Å²) in [4.78, 5) is 12.6. The van der Waals surface area contributed by atoms with Crippen LogP contribution in [0.2, 0.25) is 0 Å². The van der Waals surface area contributed by atoms with Crippen LogP contribution in [0.25, 0.3) is 0 Å². The predicted octanol–water partition coefficient (Wildman–Crippen LogP) is 2.72. The smallest absolute Gasteiger partial charge is 0.225 e. The fourth-order valence-corrected chi connectivity index (χ4v) is 3.09. The Bertz CT molecular complexity index is 539. The summed E-state index contributed by atoms with van der Waals surface area (Å²) in [6.45, 7) is 2.19. The largest absolute Gasteiger partial charge is 0.391 e. The van der Waals surface area contributed by atoms with Gasteiger partial charge in [-0.15, -0.1) is 0 Å². The van der Waals surface area contributed by atoms with Crippen molar-refractivity contribution >= 4 is 23.1 Å². The summed E-state index contributed by atoms with van der Waals surface area (Å²) in [5, 5.41) is 2.99. The lowest BCUT2D eigenvalue weighted by molar-refractivity contribution is -0.122. The van der Waals surface area contributed by atoms with Crippen LogP contribution in [-0.2, 0) is 11.2 Å². The molecule has 0 heterocycles. The van der Waals surface area contributed by atoms with Crippen molar-refractivity contribution in [3.63, 3.8) is 0 Å². The van der Waals surface area contributed by atoms with Gasteiger partial charge in [-0.2, -0.15) is 0 Å². The van der Waals surface area contributed by atoms with E-state index in [1.54, 1.807) is 12.1 Å². The summed E-state index contributed by atoms with van der Waals surface area (Å²) in [5.74, 6) is 0.131. The third-order valence-electron chi connectivity index (χ3n) is 4.23. The van der Waals surface area contributed by atoms with Crippen molar-refractivity contribution in [2.24, 2.45) is 11.7 Å². The number of halogens is 1. The average Bonchev–Trinajstić information content (AvgIpc) is 2.41. The Balaban J connectivity index is 2.04. The normalized spacial score (nSPS) is 25.3. The van der Waals surface area contributed by atoms with Crippen LogP contribution in [0.15, 0.2) is 24.3 Å². The van der Waals surface area contributed by atoms with Crippen molar-refractivity contribution in [3.8, 4) is 0 Å². The zero-order valence-electron chi connectivity index (χ0n) is 12.2. The molecule has 1 aliphatic rings. The monoisotopic (exact) mass is 308 g/mol. The molecule has 0 bridgehead atoms. The molecule has 1 fully saturated rings. The number of hydrogen-bond donors (Lipinski definition) is 2. The standard InChI is InChI=1S/C16H21FN2OS/c1-11-5-7-16(8-6-11,15(18)21)19-14(20)10-12-3-2-4-13(17)9-12/h2-4,9,11H,5-8,10H2,1H3,(H2,18,21)(H,19,20). The second kappa shape index (κ2) is 6.52. The van der Waals surface area contributed by atoms with Gasteiger partial charge >= 0.3 is 0 Å². The molecule has 1 aromatic rings. The van der Waals surface area contributed by atoms with E-state index in [0.29, 0.717) is 16.5 Å². The first-order valence-electron chi connectivity index (χ1n) is 7.27. The zero-order chi connectivity index (χ0) is 15.5. The van der Waals surface area contributed by atoms with Crippen molar-refractivity contribution < 1.29 is 9.18 Å². The molecule has 0 spiro atoms. The SMILES string of the molecule is CC1CCC(NC(=O)Cc2cccc(F)c2)(C(N)=S)CC1. The fourth-order valence-electron chi connectivity index (χ4n) is 2.83. The summed E-state index contributed by atoms with van der Waals surface area (Å²) >= 11 is 5.17. The Labute approximate surface area is 130 Å². The van der Waals surface area contributed by atoms with E-state index in [9.17, 15) is 9.18 Å². The highest BCUT2D eigenvalue weighted by Gasteiger charge is 2.38. The summed E-state index contributed by atoms with van der Waals surface area (Å²) in [6.07, 6.45) is 3.68. The van der Waals surface area contributed by atoms with Crippen molar-refractivity contribution in [1.82, 2.24) is 5.32 Å². The van der Waals surface area contributed by atoms with Gasteiger partial charge < -0.3 is 11.1 Å². The molecule has 1 aliphatic carbocycles. The second-order valence-electron chi connectivity index (χ2n) is 5.98. The third-order valence-corrected chi connectivity index (χ3v) is 4.62. The molecular weight excluding hydrogens is 287 g/mol. The second-order valence-corrected chi connectivity index (χ2v) is 6.42. The maximum atomic E-state index is 13.2. The lowest BCUT2D eigenvalue weighted by Gasteiger charge is -2.39. The Morgan fingerprint density at radius 2 is 2.14 bits per heavy atom. The van der Waals surface area contributed by atoms with Crippen LogP contribution in [0, 0.1) is 11.7 Å². The molecule has 0 atom stereocenters. The van der Waals surface area contributed by atoms with E-state index in [1.807, 2.05) is 0 Å². The van der Waals surface area contributed by atoms with Crippen LogP contribution in [0.3, 0.4) is 0 Å². The van der Waals surface area contributed by atoms with Crippen LogP contribution in [0.4, 0.5) is 4.39 Å². The van der Waals surface area contributed by atoms with E-state index in [4.69, 9.17) is 18.0 Å². The first kappa shape index (κ1) is 15.9. The van der Waals surface area contributed by atoms with Gasteiger partial charge in [0.2, 0.25) is 5.91 Å². The Hall–Kier alpha value is -1.49. The van der Waals surface area contributed by atoms with Crippen molar-refractivity contribution in [2.45, 2.75) is 44.6 Å². The molecule has 3 nitrogen and oxygen atoms in total. The molecule has 0 saturated heterocycles. The van der Waals surface area contributed by atoms with E-state index in [0.717, 1.165) is 25.7 Å². The van der Waals surface area contributed by atoms with E-state index in [2.05, 4.69) is 12.2 Å². The fraction of sp³-hybridized carbons (Fsp3) is 0.500. The number of rotatable bonds is 4. The summed E-state index contributed by atoms with van der Waals surface area (Å²) in [5.41, 5.74) is 5.94. The average molecular weight is 308 g/mol. The van der Waals surface area contributed by atoms with Gasteiger partial charge in [0.25, 0.3) is 0 Å². The van der Waals surface area contributed by atoms with Crippen LogP contribution < -0.4 is 11.1 Å². The maximum absolute atomic E-state index is 13.2. The minimum absolute atomic E-state index is 0.137. The highest BCUT2D eigenvalue weighted by molar-refractivity contribution is 7.80. The number of nitrogens with two attached hydrogens (primary N) is 1. The highest BCUT2D eigenvalue weighted by atomic mass is 32.1. The van der Waals surface area contributed by atoms with Crippen LogP contribution in [-0.4, -0.2) is 16.4 Å². The number of hydrogen-bond acceptors (Lipinski definition) is 2. The quantitative estimate of drug-likeness (QED) is 0.841. The molecule has 0 radical (unpaired) electrons. The molecule has 1 aromatic carbocycles. The van der Waals surface area contributed by atoms with Crippen LogP contribution in [0.1, 0.15) is 38.2 Å². The summed E-state index contributed by atoms with van der Waals surface area (Å²) < 4.78 is 13.2. The first-order chi connectivity index (χ1) is 9.91. The van der Waals surface area contributed by atoms with E-state index >= 15 is 0 Å². The Kier molecular flexibility index (Phi) is 4.93. The summed E-state index contributed by atoms with van der Waals surface area (Å²) in [6, 6.07) is 6.07. The van der Waals surface area contributed by atoms with Crippen LogP contribution in [0.5, 0.6) is 0 Å². The first-order valence-corrected chi connectivity index (χ1v) is 7.67. The van der Waals surface area contributed by atoms with E-state index < -0.39 is 5.54 Å². The molecule has 114 valence electrons. The van der Waals surface area contributed by atoms with Gasteiger partial charge in [-0.1, -0.05) is 31.3 Å². The van der Waals surface area contributed by atoms with Gasteiger partial charge in [-0.3, -0.25) is 4.79 Å². The lowest BCUT2D eigenvalue weighted by atomic mass is 9.77. The van der Waals surface area contributed by atoms with E-state index in [1.165, 1.54) is 12.1 Å². The number of thiocarbonyl (C=S) groups is 1. The lowest BCUT2D eigenvalue weighted by Crippen LogP contribution is -2.58. The Morgan fingerprint density at radius 1 is 1.48 bits per heavy atom. The van der Waals surface area contributed by atoms with Crippen molar-refractivity contribution in [1.29, 1.82) is 0 Å². The van der Waals surface area contributed by atoms with Gasteiger partial charge in [0, 0.05) is 0 Å². The minimum Gasteiger partial charge on any atom is -0.391 e. The molecular formula is C16H21FN2OS. The molecule has 0 aliphatic heterocycles. The van der Waals surface area contributed by atoms with E-state index in [-0.39, 0.29) is 18.1 Å². The molecule has 5 heteroatoms. The van der Waals surface area contributed by atoms with Gasteiger partial charge in [0.15, 0.2) is 0 Å². The van der Waals surface area contributed by atoms with Gasteiger partial charge in [-0.25, -0.2) is 4.39 Å².